The minimum atomic E-state index is 0.213. The van der Waals surface area contributed by atoms with Crippen molar-refractivity contribution < 1.29 is 4.79 Å². The second-order valence-corrected chi connectivity index (χ2v) is 7.73. The smallest absolute Gasteiger partial charge is 0.156 e. The number of hydrogen-bond acceptors (Lipinski definition) is 4. The normalized spacial score (nSPS) is 24.2. The molecule has 1 fully saturated rings. The van der Waals surface area contributed by atoms with Crippen molar-refractivity contribution >= 4 is 17.0 Å². The molecule has 2 heterocycles. The maximum absolute atomic E-state index is 11.6. The first-order chi connectivity index (χ1) is 12.0. The summed E-state index contributed by atoms with van der Waals surface area (Å²) in [4.78, 5) is 21.0. The Morgan fingerprint density at radius 3 is 2.84 bits per heavy atom. The standard InChI is InChI=1S/C20H26N4O/c1-12(9-13(2)25)16-7-8-17-20(16)24-11-18(23-19(24)10-22-17)14-3-5-15(21)6-4-14/h7,10-12,14-15H,3-6,8-9,21H2,1-2H3. The third-order valence-corrected chi connectivity index (χ3v) is 5.71. The molecule has 1 unspecified atom stereocenters. The summed E-state index contributed by atoms with van der Waals surface area (Å²) in [7, 11) is 0. The molecular weight excluding hydrogens is 312 g/mol. The van der Waals surface area contributed by atoms with Gasteiger partial charge < -0.3 is 10.5 Å². The van der Waals surface area contributed by atoms with Crippen LogP contribution in [0, 0.1) is 5.92 Å². The fourth-order valence-electron chi connectivity index (χ4n) is 4.37. The van der Waals surface area contributed by atoms with Gasteiger partial charge in [-0.25, -0.2) is 4.98 Å². The van der Waals surface area contributed by atoms with E-state index in [4.69, 9.17) is 10.7 Å². The van der Waals surface area contributed by atoms with E-state index in [9.17, 15) is 4.79 Å². The van der Waals surface area contributed by atoms with Crippen LogP contribution in [0.25, 0.3) is 11.2 Å². The van der Waals surface area contributed by atoms with Crippen molar-refractivity contribution in [2.75, 3.05) is 0 Å². The first kappa shape index (κ1) is 16.5. The van der Waals surface area contributed by atoms with Crippen LogP contribution in [0.2, 0.25) is 0 Å². The third-order valence-electron chi connectivity index (χ3n) is 5.71. The second-order valence-electron chi connectivity index (χ2n) is 7.73. The molecule has 132 valence electrons. The molecule has 0 amide bonds. The molecule has 0 saturated heterocycles. The largest absolute Gasteiger partial charge is 0.328 e. The molecule has 2 aliphatic rings. The van der Waals surface area contributed by atoms with Crippen molar-refractivity contribution in [3.05, 3.63) is 35.6 Å². The number of ketones is 1. The van der Waals surface area contributed by atoms with Crippen LogP contribution in [0.15, 0.2) is 18.5 Å². The molecule has 1 saturated carbocycles. The SMILES string of the molecule is CC(=O)CC(C)C1=CCc2ncc3nc(C4CCC(N)CC4)cn3c21. The van der Waals surface area contributed by atoms with E-state index < -0.39 is 0 Å². The Kier molecular flexibility index (Phi) is 4.20. The number of fused-ring (bicyclic) bond motifs is 3. The highest BCUT2D eigenvalue weighted by atomic mass is 16.1. The van der Waals surface area contributed by atoms with E-state index >= 15 is 0 Å². The molecule has 1 atom stereocenters. The zero-order chi connectivity index (χ0) is 17.6. The van der Waals surface area contributed by atoms with Crippen LogP contribution in [0.5, 0.6) is 0 Å². The fourth-order valence-corrected chi connectivity index (χ4v) is 4.37. The fraction of sp³-hybridized carbons (Fsp3) is 0.550. The molecule has 2 N–H and O–H groups in total. The number of hydrogen-bond donors (Lipinski definition) is 1. The van der Waals surface area contributed by atoms with E-state index in [0.717, 1.165) is 54.8 Å². The minimum absolute atomic E-state index is 0.213. The molecule has 2 aliphatic carbocycles. The van der Waals surface area contributed by atoms with Crippen LogP contribution in [0.4, 0.5) is 0 Å². The molecule has 25 heavy (non-hydrogen) atoms. The third kappa shape index (κ3) is 3.01. The van der Waals surface area contributed by atoms with Crippen molar-refractivity contribution in [3.8, 4) is 0 Å². The Balaban J connectivity index is 1.70. The van der Waals surface area contributed by atoms with Gasteiger partial charge in [-0.15, -0.1) is 0 Å². The van der Waals surface area contributed by atoms with Crippen LogP contribution in [0.1, 0.15) is 69.0 Å². The van der Waals surface area contributed by atoms with E-state index in [1.165, 1.54) is 5.57 Å². The van der Waals surface area contributed by atoms with Crippen molar-refractivity contribution in [2.24, 2.45) is 11.7 Å². The molecule has 4 rings (SSSR count). The van der Waals surface area contributed by atoms with E-state index in [1.807, 2.05) is 6.20 Å². The van der Waals surface area contributed by atoms with Crippen molar-refractivity contribution in [2.45, 2.75) is 64.3 Å². The molecule has 2 aromatic heterocycles. The molecule has 0 aliphatic heterocycles. The number of aromatic nitrogens is 3. The Labute approximate surface area is 148 Å². The lowest BCUT2D eigenvalue weighted by atomic mass is 9.85. The van der Waals surface area contributed by atoms with Gasteiger partial charge in [0.1, 0.15) is 5.78 Å². The number of nitrogens with two attached hydrogens (primary N) is 1. The van der Waals surface area contributed by atoms with Crippen LogP contribution >= 0.6 is 0 Å². The number of imidazole rings is 1. The zero-order valence-electron chi connectivity index (χ0n) is 15.0. The first-order valence-corrected chi connectivity index (χ1v) is 9.35. The summed E-state index contributed by atoms with van der Waals surface area (Å²) in [6.45, 7) is 3.79. The van der Waals surface area contributed by atoms with Gasteiger partial charge in [0.2, 0.25) is 0 Å². The van der Waals surface area contributed by atoms with Gasteiger partial charge in [-0.3, -0.25) is 9.38 Å². The van der Waals surface area contributed by atoms with Gasteiger partial charge in [-0.05, 0) is 44.1 Å². The van der Waals surface area contributed by atoms with Crippen LogP contribution < -0.4 is 5.73 Å². The summed E-state index contributed by atoms with van der Waals surface area (Å²) in [6.07, 6.45) is 12.1. The number of nitrogens with zero attached hydrogens (tertiary/aromatic N) is 3. The Bertz CT molecular complexity index is 843. The van der Waals surface area contributed by atoms with E-state index in [2.05, 4.69) is 28.6 Å². The molecule has 0 spiro atoms. The predicted molar refractivity (Wildman–Crippen MR) is 98.3 cm³/mol. The van der Waals surface area contributed by atoms with Gasteiger partial charge in [0.15, 0.2) is 5.65 Å². The highest BCUT2D eigenvalue weighted by Crippen LogP contribution is 2.36. The van der Waals surface area contributed by atoms with Crippen molar-refractivity contribution in [1.29, 1.82) is 0 Å². The molecule has 0 aromatic carbocycles. The number of carbonyl (C=O) groups is 1. The van der Waals surface area contributed by atoms with Crippen molar-refractivity contribution in [1.82, 2.24) is 14.4 Å². The highest BCUT2D eigenvalue weighted by molar-refractivity contribution is 5.80. The highest BCUT2D eigenvalue weighted by Gasteiger charge is 2.27. The Hall–Kier alpha value is -2.01. The quantitative estimate of drug-likeness (QED) is 0.928. The van der Waals surface area contributed by atoms with Gasteiger partial charge in [-0.1, -0.05) is 13.0 Å². The van der Waals surface area contributed by atoms with Gasteiger partial charge in [0.05, 0.1) is 23.3 Å². The number of rotatable bonds is 4. The maximum Gasteiger partial charge on any atom is 0.156 e. The maximum atomic E-state index is 11.6. The predicted octanol–water partition coefficient (Wildman–Crippen LogP) is 3.27. The summed E-state index contributed by atoms with van der Waals surface area (Å²) < 4.78 is 2.20. The lowest BCUT2D eigenvalue weighted by Gasteiger charge is -2.24. The Morgan fingerprint density at radius 1 is 1.36 bits per heavy atom. The van der Waals surface area contributed by atoms with Crippen LogP contribution in [-0.2, 0) is 11.2 Å². The number of Topliss-reactive ketones (excluding diaryl/α,β-unsaturated/α-hetero) is 1. The zero-order valence-corrected chi connectivity index (χ0v) is 15.0. The molecule has 0 bridgehead atoms. The molecule has 5 nitrogen and oxygen atoms in total. The average molecular weight is 338 g/mol. The lowest BCUT2D eigenvalue weighted by molar-refractivity contribution is -0.117. The Morgan fingerprint density at radius 2 is 2.12 bits per heavy atom. The summed E-state index contributed by atoms with van der Waals surface area (Å²) in [5, 5.41) is 0. The van der Waals surface area contributed by atoms with Crippen LogP contribution in [-0.4, -0.2) is 26.2 Å². The molecule has 2 aromatic rings. The van der Waals surface area contributed by atoms with E-state index in [0.29, 0.717) is 18.4 Å². The topological polar surface area (TPSA) is 73.3 Å². The van der Waals surface area contributed by atoms with Gasteiger partial charge in [0, 0.05) is 31.0 Å². The van der Waals surface area contributed by atoms with Gasteiger partial charge in [-0.2, -0.15) is 0 Å². The summed E-state index contributed by atoms with van der Waals surface area (Å²) in [5.74, 6) is 0.940. The summed E-state index contributed by atoms with van der Waals surface area (Å²) in [6, 6.07) is 0.348. The number of allylic oxidation sites excluding steroid dienone is 2. The second kappa shape index (κ2) is 6.37. The van der Waals surface area contributed by atoms with E-state index in [1.54, 1.807) is 6.92 Å². The minimum Gasteiger partial charge on any atom is -0.328 e. The molecular formula is C20H26N4O. The summed E-state index contributed by atoms with van der Waals surface area (Å²) >= 11 is 0. The van der Waals surface area contributed by atoms with Crippen LogP contribution in [0.3, 0.4) is 0 Å². The average Bonchev–Trinajstić information content (AvgIpc) is 3.18. The monoisotopic (exact) mass is 338 g/mol. The van der Waals surface area contributed by atoms with Gasteiger partial charge >= 0.3 is 0 Å². The van der Waals surface area contributed by atoms with Crippen molar-refractivity contribution in [3.63, 3.8) is 0 Å². The number of carbonyl (C=O) groups excluding carboxylic acids is 1. The lowest BCUT2D eigenvalue weighted by Crippen LogP contribution is -2.25. The van der Waals surface area contributed by atoms with Gasteiger partial charge in [0.25, 0.3) is 0 Å². The molecule has 0 radical (unpaired) electrons. The first-order valence-electron chi connectivity index (χ1n) is 9.35. The summed E-state index contributed by atoms with van der Waals surface area (Å²) in [5.41, 5.74) is 11.6. The molecule has 5 heteroatoms. The van der Waals surface area contributed by atoms with E-state index in [-0.39, 0.29) is 11.7 Å².